The molecule has 1 aliphatic rings. The molecule has 3 aromatic rings. The molecular weight excluding hydrogens is 336 g/mol. The van der Waals surface area contributed by atoms with Crippen LogP contribution in [0.2, 0.25) is 0 Å². The minimum atomic E-state index is -0.366. The van der Waals surface area contributed by atoms with Gasteiger partial charge in [-0.15, -0.1) is 17.0 Å². The molecule has 0 aromatic heterocycles. The molecule has 1 radical (unpaired) electrons. The maximum atomic E-state index is 13.1. The van der Waals surface area contributed by atoms with Gasteiger partial charge in [-0.05, 0) is 36.4 Å². The Hall–Kier alpha value is -4.04. The van der Waals surface area contributed by atoms with Crippen molar-refractivity contribution in [3.63, 3.8) is 0 Å². The fourth-order valence-corrected chi connectivity index (χ4v) is 2.69. The Morgan fingerprint density at radius 3 is 1.96 bits per heavy atom. The number of carbonyl (C=O) groups is 1. The second-order valence-electron chi connectivity index (χ2n) is 5.82. The zero-order chi connectivity index (χ0) is 18.6. The first-order valence-corrected chi connectivity index (χ1v) is 8.38. The van der Waals surface area contributed by atoms with Gasteiger partial charge < -0.3 is 0 Å². The summed E-state index contributed by atoms with van der Waals surface area (Å²) in [7, 11) is 0. The van der Waals surface area contributed by atoms with Crippen molar-refractivity contribution < 1.29 is 4.79 Å². The van der Waals surface area contributed by atoms with E-state index in [0.29, 0.717) is 17.2 Å². The first-order valence-electron chi connectivity index (χ1n) is 8.38. The number of anilines is 2. The van der Waals surface area contributed by atoms with Crippen molar-refractivity contribution in [2.45, 2.75) is 0 Å². The molecule has 0 atom stereocenters. The molecule has 0 N–H and O–H groups in total. The van der Waals surface area contributed by atoms with Crippen LogP contribution in [0.3, 0.4) is 0 Å². The molecule has 4 rings (SSSR count). The third-order valence-corrected chi connectivity index (χ3v) is 4.06. The van der Waals surface area contributed by atoms with Crippen LogP contribution in [0, 0.1) is 12.3 Å². The minimum absolute atomic E-state index is 0.366. The number of hydrogen-bond acceptors (Lipinski definition) is 2. The van der Waals surface area contributed by atoms with Crippen molar-refractivity contribution in [1.82, 2.24) is 5.43 Å². The number of benzene rings is 3. The van der Waals surface area contributed by atoms with Gasteiger partial charge in [0.05, 0.1) is 11.4 Å². The summed E-state index contributed by atoms with van der Waals surface area (Å²) in [5, 5.41) is 7.16. The lowest BCUT2D eigenvalue weighted by atomic mass is 10.2. The van der Waals surface area contributed by atoms with Crippen LogP contribution in [-0.2, 0) is 0 Å². The Labute approximate surface area is 157 Å². The van der Waals surface area contributed by atoms with Gasteiger partial charge in [0.1, 0.15) is 0 Å². The van der Waals surface area contributed by atoms with E-state index in [-0.39, 0.29) is 6.03 Å². The SMILES string of the molecule is C#Cc1ccc(N2[N]C(c3ccccc3)=NN(c3ccccc3)C2=O)cc1. The van der Waals surface area contributed by atoms with E-state index in [0.717, 1.165) is 11.1 Å². The highest BCUT2D eigenvalue weighted by Gasteiger charge is 2.32. The molecule has 0 fully saturated rings. The summed E-state index contributed by atoms with van der Waals surface area (Å²) in [6, 6.07) is 25.5. The van der Waals surface area contributed by atoms with E-state index in [4.69, 9.17) is 6.42 Å². The first kappa shape index (κ1) is 16.4. The number of carbonyl (C=O) groups excluding carboxylic acids is 1. The van der Waals surface area contributed by atoms with Crippen LogP contribution < -0.4 is 15.4 Å². The van der Waals surface area contributed by atoms with Crippen LogP contribution in [-0.4, -0.2) is 11.9 Å². The van der Waals surface area contributed by atoms with Crippen molar-refractivity contribution in [3.8, 4) is 12.3 Å². The lowest BCUT2D eigenvalue weighted by molar-refractivity contribution is 0.249. The quantitative estimate of drug-likeness (QED) is 0.658. The van der Waals surface area contributed by atoms with Gasteiger partial charge in [0.25, 0.3) is 0 Å². The number of amides is 2. The second kappa shape index (κ2) is 7.06. The normalized spacial score (nSPS) is 13.6. The number of terminal acetylenes is 1. The molecule has 0 bridgehead atoms. The third kappa shape index (κ3) is 3.24. The maximum Gasteiger partial charge on any atom is 0.370 e. The van der Waals surface area contributed by atoms with E-state index in [2.05, 4.69) is 16.4 Å². The summed E-state index contributed by atoms with van der Waals surface area (Å²) in [5.41, 5.74) is 7.30. The Balaban J connectivity index is 1.78. The van der Waals surface area contributed by atoms with E-state index in [1.807, 2.05) is 60.7 Å². The Bertz CT molecular complexity index is 1020. The van der Waals surface area contributed by atoms with Crippen molar-refractivity contribution in [2.24, 2.45) is 5.10 Å². The number of hydrogen-bond donors (Lipinski definition) is 0. The molecule has 5 heteroatoms. The number of amidine groups is 1. The molecule has 0 saturated carbocycles. The van der Waals surface area contributed by atoms with Gasteiger partial charge in [0, 0.05) is 11.1 Å². The summed E-state index contributed by atoms with van der Waals surface area (Å²) < 4.78 is 0. The van der Waals surface area contributed by atoms with Gasteiger partial charge in [0.15, 0.2) is 5.84 Å². The van der Waals surface area contributed by atoms with Gasteiger partial charge in [0.2, 0.25) is 0 Å². The van der Waals surface area contributed by atoms with Gasteiger partial charge in [-0.2, -0.15) is 10.0 Å². The molecule has 0 aliphatic carbocycles. The number of nitrogens with zero attached hydrogens (tertiary/aromatic N) is 4. The molecule has 0 unspecified atom stereocenters. The zero-order valence-electron chi connectivity index (χ0n) is 14.4. The van der Waals surface area contributed by atoms with Crippen molar-refractivity contribution >= 4 is 23.2 Å². The molecule has 2 amide bonds. The van der Waals surface area contributed by atoms with Crippen molar-refractivity contribution in [1.29, 1.82) is 0 Å². The molecule has 1 aliphatic heterocycles. The Kier molecular flexibility index (Phi) is 4.30. The van der Waals surface area contributed by atoms with E-state index in [9.17, 15) is 4.79 Å². The lowest BCUT2D eigenvalue weighted by Gasteiger charge is -2.31. The second-order valence-corrected chi connectivity index (χ2v) is 5.82. The van der Waals surface area contributed by atoms with E-state index in [1.54, 1.807) is 24.3 Å². The highest BCUT2D eigenvalue weighted by molar-refractivity contribution is 6.12. The summed E-state index contributed by atoms with van der Waals surface area (Å²) in [6.45, 7) is 0. The highest BCUT2D eigenvalue weighted by atomic mass is 16.2. The molecule has 0 spiro atoms. The van der Waals surface area contributed by atoms with Crippen molar-refractivity contribution in [3.05, 3.63) is 96.1 Å². The average Bonchev–Trinajstić information content (AvgIpc) is 2.75. The van der Waals surface area contributed by atoms with Crippen LogP contribution in [0.15, 0.2) is 90.0 Å². The fraction of sp³-hybridized carbons (Fsp3) is 0. The summed E-state index contributed by atoms with van der Waals surface area (Å²) in [6.07, 6.45) is 5.42. The predicted octanol–water partition coefficient (Wildman–Crippen LogP) is 4.00. The monoisotopic (exact) mass is 351 g/mol. The molecule has 5 nitrogen and oxygen atoms in total. The standard InChI is InChI=1S/C22H15N4O/c1-2-17-13-15-20(16-14-17)26-22(27)25(19-11-7-4-8-12-19)23-21(24-26)18-9-5-3-6-10-18/h1,3-16H. The van der Waals surface area contributed by atoms with Gasteiger partial charge in [-0.25, -0.2) is 4.79 Å². The van der Waals surface area contributed by atoms with Crippen LogP contribution in [0.5, 0.6) is 0 Å². The van der Waals surface area contributed by atoms with Crippen LogP contribution in [0.25, 0.3) is 0 Å². The summed E-state index contributed by atoms with van der Waals surface area (Å²) in [4.78, 5) is 13.1. The first-order chi connectivity index (χ1) is 13.3. The Morgan fingerprint density at radius 2 is 1.33 bits per heavy atom. The minimum Gasteiger partial charge on any atom is -0.244 e. The average molecular weight is 351 g/mol. The van der Waals surface area contributed by atoms with Crippen LogP contribution in [0.1, 0.15) is 11.1 Å². The third-order valence-electron chi connectivity index (χ3n) is 4.06. The number of hydrazone groups is 1. The zero-order valence-corrected chi connectivity index (χ0v) is 14.4. The maximum absolute atomic E-state index is 13.1. The van der Waals surface area contributed by atoms with Crippen LogP contribution in [0.4, 0.5) is 16.2 Å². The molecule has 1 heterocycles. The Morgan fingerprint density at radius 1 is 0.741 bits per heavy atom. The highest BCUT2D eigenvalue weighted by Crippen LogP contribution is 2.24. The topological polar surface area (TPSA) is 50.0 Å². The smallest absolute Gasteiger partial charge is 0.244 e. The van der Waals surface area contributed by atoms with E-state index in [1.165, 1.54) is 10.0 Å². The molecule has 3 aromatic carbocycles. The lowest BCUT2D eigenvalue weighted by Crippen LogP contribution is -2.52. The molecule has 129 valence electrons. The summed E-state index contributed by atoms with van der Waals surface area (Å²) in [5.74, 6) is 3.01. The van der Waals surface area contributed by atoms with Gasteiger partial charge in [-0.3, -0.25) is 0 Å². The predicted molar refractivity (Wildman–Crippen MR) is 106 cm³/mol. The number of urea groups is 1. The number of para-hydroxylation sites is 1. The summed E-state index contributed by atoms with van der Waals surface area (Å²) >= 11 is 0. The van der Waals surface area contributed by atoms with E-state index < -0.39 is 0 Å². The van der Waals surface area contributed by atoms with Gasteiger partial charge in [-0.1, -0.05) is 54.5 Å². The van der Waals surface area contributed by atoms with Gasteiger partial charge >= 0.3 is 6.03 Å². The largest absolute Gasteiger partial charge is 0.370 e. The number of rotatable bonds is 3. The fourth-order valence-electron chi connectivity index (χ4n) is 2.69. The van der Waals surface area contributed by atoms with E-state index >= 15 is 0 Å². The van der Waals surface area contributed by atoms with Crippen molar-refractivity contribution in [2.75, 3.05) is 10.0 Å². The van der Waals surface area contributed by atoms with Crippen LogP contribution >= 0.6 is 0 Å². The molecule has 0 saturated heterocycles. The molecule has 27 heavy (non-hydrogen) atoms. The molecular formula is C22H15N4O.